The molecule has 0 fully saturated rings. The number of nitriles is 1. The number of rotatable bonds is 4. The lowest BCUT2D eigenvalue weighted by Crippen LogP contribution is -2.13. The number of aromatic nitrogens is 1. The standard InChI is InChI=1S/C22H23N3O3/c1-12(2)11-25-20(19-17(26)9-14(4)28-22(19)27)18(16(10-23)21(25)24)15-7-5-13(3)6-8-15/h5-9,12,26H,11,24H2,1-4H3. The van der Waals surface area contributed by atoms with Crippen molar-refractivity contribution in [1.82, 2.24) is 4.57 Å². The van der Waals surface area contributed by atoms with Gasteiger partial charge >= 0.3 is 5.63 Å². The van der Waals surface area contributed by atoms with Crippen LogP contribution >= 0.6 is 0 Å². The van der Waals surface area contributed by atoms with Gasteiger partial charge in [-0.2, -0.15) is 5.26 Å². The van der Waals surface area contributed by atoms with Crippen molar-refractivity contribution in [2.45, 2.75) is 34.2 Å². The highest BCUT2D eigenvalue weighted by Gasteiger charge is 2.28. The van der Waals surface area contributed by atoms with Gasteiger partial charge in [0.2, 0.25) is 0 Å². The first kappa shape index (κ1) is 19.3. The molecule has 0 atom stereocenters. The van der Waals surface area contributed by atoms with E-state index in [2.05, 4.69) is 6.07 Å². The molecule has 0 unspecified atom stereocenters. The minimum absolute atomic E-state index is 0.00928. The first-order valence-electron chi connectivity index (χ1n) is 9.07. The highest BCUT2D eigenvalue weighted by molar-refractivity contribution is 5.92. The van der Waals surface area contributed by atoms with Crippen molar-refractivity contribution in [2.75, 3.05) is 5.73 Å². The molecule has 0 amide bonds. The molecule has 3 aromatic rings. The van der Waals surface area contributed by atoms with Crippen LogP contribution in [0.15, 0.2) is 39.5 Å². The zero-order chi connectivity index (χ0) is 20.6. The van der Waals surface area contributed by atoms with Crippen LogP contribution in [0.4, 0.5) is 5.82 Å². The van der Waals surface area contributed by atoms with Gasteiger partial charge in [-0.15, -0.1) is 0 Å². The lowest BCUT2D eigenvalue weighted by Gasteiger charge is -2.15. The third-order valence-corrected chi connectivity index (χ3v) is 4.59. The highest BCUT2D eigenvalue weighted by atomic mass is 16.4. The number of nitrogens with zero attached hydrogens (tertiary/aromatic N) is 2. The second-order valence-electron chi connectivity index (χ2n) is 7.37. The van der Waals surface area contributed by atoms with Crippen LogP contribution in [0, 0.1) is 31.1 Å². The molecule has 0 radical (unpaired) electrons. The lowest BCUT2D eigenvalue weighted by atomic mass is 9.97. The molecule has 144 valence electrons. The summed E-state index contributed by atoms with van der Waals surface area (Å²) >= 11 is 0. The molecule has 3 N–H and O–H groups in total. The van der Waals surface area contributed by atoms with Crippen LogP contribution in [0.2, 0.25) is 0 Å². The molecule has 0 aliphatic heterocycles. The summed E-state index contributed by atoms with van der Waals surface area (Å²) in [6.45, 7) is 8.06. The molecular formula is C22H23N3O3. The lowest BCUT2D eigenvalue weighted by molar-refractivity contribution is 0.436. The van der Waals surface area contributed by atoms with Crippen LogP contribution in [-0.2, 0) is 6.54 Å². The average Bonchev–Trinajstić information content (AvgIpc) is 2.87. The molecule has 0 bridgehead atoms. The summed E-state index contributed by atoms with van der Waals surface area (Å²) in [4.78, 5) is 12.7. The van der Waals surface area contributed by atoms with E-state index in [0.717, 1.165) is 11.1 Å². The second-order valence-corrected chi connectivity index (χ2v) is 7.37. The van der Waals surface area contributed by atoms with Gasteiger partial charge in [0, 0.05) is 18.2 Å². The second kappa shape index (κ2) is 7.28. The Hall–Kier alpha value is -3.46. The molecule has 28 heavy (non-hydrogen) atoms. The minimum Gasteiger partial charge on any atom is -0.507 e. The third-order valence-electron chi connectivity index (χ3n) is 4.59. The van der Waals surface area contributed by atoms with E-state index in [-0.39, 0.29) is 28.6 Å². The maximum absolute atomic E-state index is 12.7. The van der Waals surface area contributed by atoms with Crippen LogP contribution in [0.3, 0.4) is 0 Å². The fourth-order valence-corrected chi connectivity index (χ4v) is 3.38. The molecule has 6 nitrogen and oxygen atoms in total. The Morgan fingerprint density at radius 2 is 1.86 bits per heavy atom. The zero-order valence-corrected chi connectivity index (χ0v) is 16.4. The van der Waals surface area contributed by atoms with Crippen LogP contribution in [0.25, 0.3) is 22.4 Å². The van der Waals surface area contributed by atoms with E-state index in [1.165, 1.54) is 6.07 Å². The number of benzene rings is 1. The Labute approximate surface area is 163 Å². The molecule has 3 rings (SSSR count). The summed E-state index contributed by atoms with van der Waals surface area (Å²) in [5.74, 6) is 0.569. The summed E-state index contributed by atoms with van der Waals surface area (Å²) in [7, 11) is 0. The van der Waals surface area contributed by atoms with Crippen LogP contribution in [0.1, 0.15) is 30.7 Å². The number of nitrogens with two attached hydrogens (primary N) is 1. The van der Waals surface area contributed by atoms with E-state index in [4.69, 9.17) is 10.2 Å². The Morgan fingerprint density at radius 1 is 1.21 bits per heavy atom. The Morgan fingerprint density at radius 3 is 2.39 bits per heavy atom. The van der Waals surface area contributed by atoms with Gasteiger partial charge in [0.25, 0.3) is 0 Å². The van der Waals surface area contributed by atoms with Gasteiger partial charge in [-0.05, 0) is 25.3 Å². The van der Waals surface area contributed by atoms with Crippen LogP contribution in [-0.4, -0.2) is 9.67 Å². The molecule has 1 aromatic carbocycles. The number of nitrogen functional groups attached to an aromatic ring is 1. The first-order valence-corrected chi connectivity index (χ1v) is 9.07. The number of hydrogen-bond acceptors (Lipinski definition) is 5. The topological polar surface area (TPSA) is 105 Å². The minimum atomic E-state index is -0.669. The van der Waals surface area contributed by atoms with E-state index in [1.54, 1.807) is 11.5 Å². The van der Waals surface area contributed by atoms with E-state index < -0.39 is 5.63 Å². The zero-order valence-electron chi connectivity index (χ0n) is 16.4. The number of hydrogen-bond donors (Lipinski definition) is 2. The van der Waals surface area contributed by atoms with Gasteiger partial charge in [-0.3, -0.25) is 0 Å². The Balaban J connectivity index is 2.48. The molecule has 0 spiro atoms. The van der Waals surface area contributed by atoms with Gasteiger partial charge in [0.1, 0.15) is 34.5 Å². The van der Waals surface area contributed by atoms with Crippen molar-refractivity contribution in [3.05, 3.63) is 57.6 Å². The quantitative estimate of drug-likeness (QED) is 0.708. The molecule has 0 saturated carbocycles. The summed E-state index contributed by atoms with van der Waals surface area (Å²) in [6, 6.07) is 11.2. The predicted molar refractivity (Wildman–Crippen MR) is 109 cm³/mol. The summed E-state index contributed by atoms with van der Waals surface area (Å²) < 4.78 is 6.97. The summed E-state index contributed by atoms with van der Waals surface area (Å²) in [6.07, 6.45) is 0. The van der Waals surface area contributed by atoms with Gasteiger partial charge in [0.05, 0.1) is 5.69 Å². The predicted octanol–water partition coefficient (Wildman–Crippen LogP) is 4.21. The Kier molecular flexibility index (Phi) is 5.02. The SMILES string of the molecule is Cc1ccc(-c2c(C#N)c(N)n(CC(C)C)c2-c2c(O)cc(C)oc2=O)cc1. The third kappa shape index (κ3) is 3.27. The maximum Gasteiger partial charge on any atom is 0.349 e. The van der Waals surface area contributed by atoms with Gasteiger partial charge in [-0.1, -0.05) is 43.7 Å². The van der Waals surface area contributed by atoms with Crippen molar-refractivity contribution in [1.29, 1.82) is 5.26 Å². The molecule has 6 heteroatoms. The normalized spacial score (nSPS) is 11.0. The molecule has 0 aliphatic carbocycles. The van der Waals surface area contributed by atoms with Gasteiger partial charge < -0.3 is 19.8 Å². The molecule has 2 heterocycles. The summed E-state index contributed by atoms with van der Waals surface area (Å²) in [5, 5.41) is 20.4. The van der Waals surface area contributed by atoms with Crippen molar-refractivity contribution < 1.29 is 9.52 Å². The van der Waals surface area contributed by atoms with E-state index in [9.17, 15) is 15.2 Å². The van der Waals surface area contributed by atoms with Gasteiger partial charge in [-0.25, -0.2) is 4.79 Å². The summed E-state index contributed by atoms with van der Waals surface area (Å²) in [5.41, 5.74) is 8.67. The molecular weight excluding hydrogens is 354 g/mol. The fourth-order valence-electron chi connectivity index (χ4n) is 3.38. The van der Waals surface area contributed by atoms with Crippen molar-refractivity contribution in [3.63, 3.8) is 0 Å². The van der Waals surface area contributed by atoms with E-state index in [0.29, 0.717) is 23.6 Å². The van der Waals surface area contributed by atoms with Crippen molar-refractivity contribution >= 4 is 5.82 Å². The Bertz CT molecular complexity index is 1130. The van der Waals surface area contributed by atoms with Crippen molar-refractivity contribution in [2.24, 2.45) is 5.92 Å². The maximum atomic E-state index is 12.7. The molecule has 0 saturated heterocycles. The first-order chi connectivity index (χ1) is 13.2. The smallest absolute Gasteiger partial charge is 0.349 e. The van der Waals surface area contributed by atoms with Crippen molar-refractivity contribution in [3.8, 4) is 34.2 Å². The molecule has 2 aromatic heterocycles. The van der Waals surface area contributed by atoms with Gasteiger partial charge in [0.15, 0.2) is 0 Å². The highest BCUT2D eigenvalue weighted by Crippen LogP contribution is 2.42. The van der Waals surface area contributed by atoms with E-state index >= 15 is 0 Å². The fraction of sp³-hybridized carbons (Fsp3) is 0.273. The average molecular weight is 377 g/mol. The number of aryl methyl sites for hydroxylation is 2. The number of anilines is 1. The molecule has 0 aliphatic rings. The largest absolute Gasteiger partial charge is 0.507 e. The number of aromatic hydroxyl groups is 1. The monoisotopic (exact) mass is 377 g/mol. The van der Waals surface area contributed by atoms with Crippen LogP contribution in [0.5, 0.6) is 5.75 Å². The van der Waals surface area contributed by atoms with Crippen LogP contribution < -0.4 is 11.4 Å². The van der Waals surface area contributed by atoms with E-state index in [1.807, 2.05) is 45.0 Å².